The first kappa shape index (κ1) is 7.01. The van der Waals surface area contributed by atoms with E-state index in [9.17, 15) is 0 Å². The zero-order valence-corrected chi connectivity index (χ0v) is 12.5. The number of pyridine rings is 1. The Morgan fingerprint density at radius 1 is 1.14 bits per heavy atom. The number of aromatic nitrogens is 1. The molecular formula is C16H25BN2O2. The Morgan fingerprint density at radius 3 is 2.38 bits per heavy atom. The Hall–Kier alpha value is -1.07. The van der Waals surface area contributed by atoms with Crippen LogP contribution in [0.2, 0.25) is 0 Å². The molecule has 2 aliphatic heterocycles. The van der Waals surface area contributed by atoms with Crippen molar-refractivity contribution in [1.82, 2.24) is 4.98 Å². The van der Waals surface area contributed by atoms with Crippen molar-refractivity contribution >= 4 is 18.4 Å². The van der Waals surface area contributed by atoms with Gasteiger partial charge in [-0.2, -0.15) is 0 Å². The van der Waals surface area contributed by atoms with Crippen LogP contribution in [0.3, 0.4) is 0 Å². The van der Waals surface area contributed by atoms with Crippen molar-refractivity contribution in [2.75, 3.05) is 17.9 Å². The Labute approximate surface area is 142 Å². The first-order chi connectivity index (χ1) is 13.7. The third kappa shape index (κ3) is 2.81. The molecule has 5 heteroatoms. The molecule has 21 heavy (non-hydrogen) atoms. The topological polar surface area (TPSA) is 34.6 Å². The molecule has 1 aromatic heterocycles. The van der Waals surface area contributed by atoms with E-state index >= 15 is 0 Å². The van der Waals surface area contributed by atoms with Crippen LogP contribution in [0.1, 0.15) is 60.5 Å². The molecule has 4 nitrogen and oxygen atoms in total. The Morgan fingerprint density at radius 2 is 1.76 bits per heavy atom. The average molecular weight is 298 g/mol. The van der Waals surface area contributed by atoms with Gasteiger partial charge in [0.1, 0.15) is 0 Å². The van der Waals surface area contributed by atoms with E-state index in [1.807, 2.05) is 27.7 Å². The van der Waals surface area contributed by atoms with Crippen molar-refractivity contribution in [2.45, 2.75) is 58.0 Å². The van der Waals surface area contributed by atoms with Crippen LogP contribution < -0.4 is 10.5 Å². The van der Waals surface area contributed by atoms with Gasteiger partial charge in [-0.1, -0.05) is 0 Å². The maximum atomic E-state index is 8.31. The highest BCUT2D eigenvalue weighted by Gasteiger charge is 2.52. The standard InChI is InChI=1S/C16H25BN2O2/c1-15(2)16(3,4)21-17(20-15)14-12-13(8-9-18-14)19-10-6-5-7-11-19/h8-9,12H,5-7,10-11H2,1-4H3/i5D2,6D2,7D2,10D2,11D2. The summed E-state index contributed by atoms with van der Waals surface area (Å²) in [5, 5.41) is 0. The number of hydrogen-bond acceptors (Lipinski definition) is 4. The van der Waals surface area contributed by atoms with Gasteiger partial charge in [0.25, 0.3) is 0 Å². The molecule has 2 fully saturated rings. The molecule has 0 saturated carbocycles. The van der Waals surface area contributed by atoms with Crippen molar-refractivity contribution in [2.24, 2.45) is 0 Å². The number of piperidine rings is 1. The Balaban J connectivity index is 2.13. The van der Waals surface area contributed by atoms with Gasteiger partial charge in [0, 0.05) is 38.6 Å². The van der Waals surface area contributed by atoms with Gasteiger partial charge in [-0.05, 0) is 58.9 Å². The predicted molar refractivity (Wildman–Crippen MR) is 86.0 cm³/mol. The highest BCUT2D eigenvalue weighted by molar-refractivity contribution is 6.61. The van der Waals surface area contributed by atoms with Gasteiger partial charge in [0.2, 0.25) is 0 Å². The zero-order valence-electron chi connectivity index (χ0n) is 22.5. The normalized spacial score (nSPS) is 43.4. The smallest absolute Gasteiger partial charge is 0.398 e. The lowest BCUT2D eigenvalue weighted by atomic mass is 9.84. The molecule has 3 heterocycles. The molecule has 0 N–H and O–H groups in total. The quantitative estimate of drug-likeness (QED) is 0.785. The van der Waals surface area contributed by atoms with E-state index in [4.69, 9.17) is 23.0 Å². The minimum Gasteiger partial charge on any atom is -0.398 e. The maximum Gasteiger partial charge on any atom is 0.514 e. The number of nitrogens with zero attached hydrogens (tertiary/aromatic N) is 2. The van der Waals surface area contributed by atoms with Gasteiger partial charge in [0.15, 0.2) is 0 Å². The van der Waals surface area contributed by atoms with E-state index in [1.54, 1.807) is 0 Å². The molecule has 0 unspecified atom stereocenters. The molecular weight excluding hydrogens is 263 g/mol. The van der Waals surface area contributed by atoms with Crippen LogP contribution in [0.4, 0.5) is 5.69 Å². The van der Waals surface area contributed by atoms with Crippen molar-refractivity contribution in [3.8, 4) is 0 Å². The van der Waals surface area contributed by atoms with Crippen LogP contribution in [0.5, 0.6) is 0 Å². The summed E-state index contributed by atoms with van der Waals surface area (Å²) in [4.78, 5) is 4.46. The van der Waals surface area contributed by atoms with Crippen LogP contribution in [0, 0.1) is 0 Å². The van der Waals surface area contributed by atoms with Gasteiger partial charge in [-0.25, -0.2) is 0 Å². The molecule has 2 aliphatic rings. The fourth-order valence-corrected chi connectivity index (χ4v) is 2.02. The SMILES string of the molecule is [2H]C1([2H])N(c2ccnc(B3OC(C)(C)C(C)(C)O3)c2)C([2H])([2H])C([2H])([2H])C([2H])([2H])C1([2H])[2H]. The van der Waals surface area contributed by atoms with Crippen LogP contribution in [-0.4, -0.2) is 36.3 Å². The first-order valence-corrected chi connectivity index (χ1v) is 6.77. The lowest BCUT2D eigenvalue weighted by Crippen LogP contribution is -2.41. The molecule has 2 saturated heterocycles. The van der Waals surface area contributed by atoms with Gasteiger partial charge >= 0.3 is 7.12 Å². The van der Waals surface area contributed by atoms with Crippen LogP contribution >= 0.6 is 0 Å². The molecule has 114 valence electrons. The highest BCUT2D eigenvalue weighted by Crippen LogP contribution is 2.36. The van der Waals surface area contributed by atoms with Crippen molar-refractivity contribution in [1.29, 1.82) is 0 Å². The fourth-order valence-electron chi connectivity index (χ4n) is 2.02. The predicted octanol–water partition coefficient (Wildman–Crippen LogP) is 2.37. The van der Waals surface area contributed by atoms with Crippen LogP contribution in [0.15, 0.2) is 18.3 Å². The summed E-state index contributed by atoms with van der Waals surface area (Å²) < 4.78 is 93.2. The fraction of sp³-hybridized carbons (Fsp3) is 0.688. The summed E-state index contributed by atoms with van der Waals surface area (Å²) >= 11 is 0. The second kappa shape index (κ2) is 5.29. The molecule has 0 atom stereocenters. The average Bonchev–Trinajstić information content (AvgIpc) is 2.81. The maximum absolute atomic E-state index is 8.31. The van der Waals surface area contributed by atoms with E-state index in [1.165, 1.54) is 18.3 Å². The van der Waals surface area contributed by atoms with Gasteiger partial charge in [-0.15, -0.1) is 0 Å². The van der Waals surface area contributed by atoms with Crippen molar-refractivity contribution in [3.63, 3.8) is 0 Å². The highest BCUT2D eigenvalue weighted by atomic mass is 16.7. The summed E-state index contributed by atoms with van der Waals surface area (Å²) in [6.07, 6.45) is -9.03. The summed E-state index contributed by atoms with van der Waals surface area (Å²) in [6.45, 7) is 0.794. The van der Waals surface area contributed by atoms with E-state index in [-0.39, 0.29) is 11.3 Å². The summed E-state index contributed by atoms with van der Waals surface area (Å²) in [7, 11) is -0.966. The van der Waals surface area contributed by atoms with Crippen molar-refractivity contribution in [3.05, 3.63) is 18.3 Å². The molecule has 0 aliphatic carbocycles. The van der Waals surface area contributed by atoms with E-state index in [0.717, 1.165) is 0 Å². The minimum absolute atomic E-state index is 0.164. The third-order valence-electron chi connectivity index (χ3n) is 3.98. The van der Waals surface area contributed by atoms with E-state index in [0.29, 0.717) is 4.90 Å². The molecule has 0 amide bonds. The number of anilines is 1. The second-order valence-electron chi connectivity index (χ2n) is 5.96. The Bertz CT molecular complexity index is 847. The number of hydrogen-bond donors (Lipinski definition) is 0. The molecule has 0 radical (unpaired) electrons. The van der Waals surface area contributed by atoms with Gasteiger partial charge < -0.3 is 14.2 Å². The molecule has 1 aromatic rings. The van der Waals surface area contributed by atoms with Gasteiger partial charge in [-0.3, -0.25) is 4.98 Å². The molecule has 3 rings (SSSR count). The van der Waals surface area contributed by atoms with Crippen LogP contribution in [0.25, 0.3) is 0 Å². The summed E-state index contributed by atoms with van der Waals surface area (Å²) in [6, 6.07) is 2.45. The van der Waals surface area contributed by atoms with E-state index in [2.05, 4.69) is 4.98 Å². The molecule has 0 aromatic carbocycles. The molecule has 0 bridgehead atoms. The molecule has 0 spiro atoms. The van der Waals surface area contributed by atoms with Crippen LogP contribution in [-0.2, 0) is 9.31 Å². The zero-order chi connectivity index (χ0) is 24.1. The first-order valence-electron chi connectivity index (χ1n) is 11.8. The summed E-state index contributed by atoms with van der Waals surface area (Å²) in [5.41, 5.74) is -1.46. The second-order valence-corrected chi connectivity index (χ2v) is 5.96. The lowest BCUT2D eigenvalue weighted by molar-refractivity contribution is 0.00578. The summed E-state index contributed by atoms with van der Waals surface area (Å²) in [5.74, 6) is 0. The number of rotatable bonds is 2. The monoisotopic (exact) mass is 298 g/mol. The largest absolute Gasteiger partial charge is 0.514 e. The van der Waals surface area contributed by atoms with E-state index < -0.39 is 50.4 Å². The minimum atomic E-state index is -3.47. The Kier molecular flexibility index (Phi) is 1.77. The lowest BCUT2D eigenvalue weighted by Gasteiger charge is -2.32. The van der Waals surface area contributed by atoms with Gasteiger partial charge in [0.05, 0.1) is 16.8 Å². The van der Waals surface area contributed by atoms with Crippen molar-refractivity contribution < 1.29 is 23.0 Å². The third-order valence-corrected chi connectivity index (χ3v) is 3.98.